The number of nitro groups is 1. The Kier molecular flexibility index (Phi) is 4.49. The van der Waals surface area contributed by atoms with E-state index in [0.717, 1.165) is 12.8 Å². The Labute approximate surface area is 115 Å². The molecule has 1 atom stereocenters. The molecule has 8 heteroatoms. The zero-order valence-electron chi connectivity index (χ0n) is 10.6. The summed E-state index contributed by atoms with van der Waals surface area (Å²) in [6.07, 6.45) is 3.18. The third-order valence-electron chi connectivity index (χ3n) is 3.02. The number of ether oxygens (including phenoxy) is 1. The number of piperidine rings is 1. The first-order chi connectivity index (χ1) is 9.13. The molecule has 1 fully saturated rings. The molecule has 1 saturated heterocycles. The average molecular weight is 287 g/mol. The van der Waals surface area contributed by atoms with E-state index in [-0.39, 0.29) is 22.8 Å². The molecule has 0 radical (unpaired) electrons. The van der Waals surface area contributed by atoms with Gasteiger partial charge in [0, 0.05) is 19.7 Å². The van der Waals surface area contributed by atoms with Crippen molar-refractivity contribution in [2.24, 2.45) is 0 Å². The molecule has 1 aromatic rings. The lowest BCUT2D eigenvalue weighted by molar-refractivity contribution is -0.384. The normalized spacial score (nSPS) is 19.5. The summed E-state index contributed by atoms with van der Waals surface area (Å²) < 4.78 is 5.58. The van der Waals surface area contributed by atoms with E-state index >= 15 is 0 Å². The maximum absolute atomic E-state index is 11.1. The van der Waals surface area contributed by atoms with Crippen molar-refractivity contribution in [1.82, 2.24) is 9.97 Å². The highest BCUT2D eigenvalue weighted by atomic mass is 35.5. The van der Waals surface area contributed by atoms with E-state index in [4.69, 9.17) is 16.3 Å². The van der Waals surface area contributed by atoms with Gasteiger partial charge in [-0.3, -0.25) is 10.1 Å². The van der Waals surface area contributed by atoms with Crippen LogP contribution in [0.5, 0.6) is 0 Å². The van der Waals surface area contributed by atoms with Gasteiger partial charge in [-0.05, 0) is 19.8 Å². The van der Waals surface area contributed by atoms with Crippen LogP contribution in [0.4, 0.5) is 11.5 Å². The molecule has 1 unspecified atom stereocenters. The van der Waals surface area contributed by atoms with Gasteiger partial charge in [-0.25, -0.2) is 9.97 Å². The van der Waals surface area contributed by atoms with Gasteiger partial charge in [0.05, 0.1) is 11.0 Å². The van der Waals surface area contributed by atoms with Crippen molar-refractivity contribution < 1.29 is 9.66 Å². The van der Waals surface area contributed by atoms with Crippen LogP contribution in [0.1, 0.15) is 19.8 Å². The minimum Gasteiger partial charge on any atom is -0.377 e. The molecular formula is C11H15ClN4O3. The Morgan fingerprint density at radius 3 is 3.11 bits per heavy atom. The minimum atomic E-state index is -0.540. The Morgan fingerprint density at radius 1 is 1.63 bits per heavy atom. The smallest absolute Gasteiger partial charge is 0.348 e. The van der Waals surface area contributed by atoms with E-state index in [0.29, 0.717) is 19.7 Å². The molecule has 2 rings (SSSR count). The second-order valence-electron chi connectivity index (χ2n) is 4.26. The van der Waals surface area contributed by atoms with Crippen LogP contribution in [0.2, 0.25) is 5.15 Å². The third kappa shape index (κ3) is 3.10. The first kappa shape index (κ1) is 14.0. The summed E-state index contributed by atoms with van der Waals surface area (Å²) >= 11 is 5.79. The zero-order chi connectivity index (χ0) is 13.8. The predicted molar refractivity (Wildman–Crippen MR) is 70.6 cm³/mol. The molecule has 0 amide bonds. The number of aromatic nitrogens is 2. The summed E-state index contributed by atoms with van der Waals surface area (Å²) in [5.74, 6) is 0.273. The van der Waals surface area contributed by atoms with E-state index in [1.165, 1.54) is 6.33 Å². The molecular weight excluding hydrogens is 272 g/mol. The fourth-order valence-corrected chi connectivity index (χ4v) is 2.44. The second kappa shape index (κ2) is 6.12. The maximum Gasteiger partial charge on any atom is 0.348 e. The van der Waals surface area contributed by atoms with Gasteiger partial charge in [0.1, 0.15) is 6.33 Å². The fraction of sp³-hybridized carbons (Fsp3) is 0.636. The summed E-state index contributed by atoms with van der Waals surface area (Å²) in [5, 5.41) is 10.9. The largest absolute Gasteiger partial charge is 0.377 e. The van der Waals surface area contributed by atoms with Gasteiger partial charge in [-0.1, -0.05) is 11.6 Å². The SMILES string of the molecule is CCOC1CCCN(c2ncnc(Cl)c2[N+](=O)[O-])C1. The lowest BCUT2D eigenvalue weighted by Crippen LogP contribution is -2.40. The second-order valence-corrected chi connectivity index (χ2v) is 4.62. The number of rotatable bonds is 4. The lowest BCUT2D eigenvalue weighted by Gasteiger charge is -2.32. The van der Waals surface area contributed by atoms with Crippen molar-refractivity contribution in [3.63, 3.8) is 0 Å². The topological polar surface area (TPSA) is 81.4 Å². The van der Waals surface area contributed by atoms with Crippen LogP contribution in [0, 0.1) is 10.1 Å². The zero-order valence-corrected chi connectivity index (χ0v) is 11.3. The molecule has 1 aliphatic rings. The van der Waals surface area contributed by atoms with Crippen molar-refractivity contribution in [1.29, 1.82) is 0 Å². The summed E-state index contributed by atoms with van der Waals surface area (Å²) in [6.45, 7) is 3.86. The third-order valence-corrected chi connectivity index (χ3v) is 3.30. The minimum absolute atomic E-state index is 0.0760. The fourth-order valence-electron chi connectivity index (χ4n) is 2.24. The van der Waals surface area contributed by atoms with E-state index in [9.17, 15) is 10.1 Å². The van der Waals surface area contributed by atoms with Gasteiger partial charge in [0.15, 0.2) is 0 Å². The molecule has 0 saturated carbocycles. The van der Waals surface area contributed by atoms with Crippen molar-refractivity contribution >= 4 is 23.1 Å². The van der Waals surface area contributed by atoms with Gasteiger partial charge in [0.2, 0.25) is 11.0 Å². The average Bonchev–Trinajstić information content (AvgIpc) is 2.38. The van der Waals surface area contributed by atoms with Gasteiger partial charge in [-0.2, -0.15) is 0 Å². The van der Waals surface area contributed by atoms with E-state index < -0.39 is 4.92 Å². The van der Waals surface area contributed by atoms with Crippen LogP contribution in [0.15, 0.2) is 6.33 Å². The number of hydrogen-bond donors (Lipinski definition) is 0. The van der Waals surface area contributed by atoms with Gasteiger partial charge in [-0.15, -0.1) is 0 Å². The number of nitrogens with zero attached hydrogens (tertiary/aromatic N) is 4. The molecule has 1 aliphatic heterocycles. The van der Waals surface area contributed by atoms with E-state index in [2.05, 4.69) is 9.97 Å². The predicted octanol–water partition coefficient (Wildman–Crippen LogP) is 2.04. The molecule has 0 N–H and O–H groups in total. The van der Waals surface area contributed by atoms with Crippen molar-refractivity contribution in [2.45, 2.75) is 25.9 Å². The number of hydrogen-bond acceptors (Lipinski definition) is 6. The summed E-state index contributed by atoms with van der Waals surface area (Å²) in [5.41, 5.74) is -0.235. The highest BCUT2D eigenvalue weighted by Gasteiger charge is 2.29. The molecule has 19 heavy (non-hydrogen) atoms. The number of anilines is 1. The Morgan fingerprint density at radius 2 is 2.42 bits per heavy atom. The van der Waals surface area contributed by atoms with Crippen molar-refractivity contribution in [2.75, 3.05) is 24.6 Å². The quantitative estimate of drug-likeness (QED) is 0.479. The standard InChI is InChI=1S/C11H15ClN4O3/c1-2-19-8-4-3-5-15(6-8)11-9(16(17)18)10(12)13-7-14-11/h7-8H,2-6H2,1H3. The summed E-state index contributed by atoms with van der Waals surface area (Å²) in [4.78, 5) is 20.1. The Hall–Kier alpha value is -1.47. The summed E-state index contributed by atoms with van der Waals surface area (Å²) in [7, 11) is 0. The molecule has 104 valence electrons. The maximum atomic E-state index is 11.1. The molecule has 1 aromatic heterocycles. The molecule has 0 spiro atoms. The first-order valence-corrected chi connectivity index (χ1v) is 6.52. The highest BCUT2D eigenvalue weighted by molar-refractivity contribution is 6.31. The van der Waals surface area contributed by atoms with Crippen LogP contribution < -0.4 is 4.90 Å². The van der Waals surface area contributed by atoms with Gasteiger partial charge in [0.25, 0.3) is 0 Å². The highest BCUT2D eigenvalue weighted by Crippen LogP contribution is 2.32. The Bertz CT molecular complexity index is 469. The summed E-state index contributed by atoms with van der Waals surface area (Å²) in [6, 6.07) is 0. The van der Waals surface area contributed by atoms with Crippen LogP contribution in [-0.2, 0) is 4.74 Å². The molecule has 7 nitrogen and oxygen atoms in total. The lowest BCUT2D eigenvalue weighted by atomic mass is 10.1. The van der Waals surface area contributed by atoms with E-state index in [1.807, 2.05) is 11.8 Å². The van der Waals surface area contributed by atoms with Gasteiger partial charge >= 0.3 is 5.69 Å². The molecule has 0 aliphatic carbocycles. The van der Waals surface area contributed by atoms with Crippen LogP contribution in [0.25, 0.3) is 0 Å². The first-order valence-electron chi connectivity index (χ1n) is 6.15. The Balaban J connectivity index is 2.26. The van der Waals surface area contributed by atoms with Crippen molar-refractivity contribution in [3.8, 4) is 0 Å². The molecule has 2 heterocycles. The van der Waals surface area contributed by atoms with Crippen LogP contribution >= 0.6 is 11.6 Å². The molecule has 0 aromatic carbocycles. The van der Waals surface area contributed by atoms with E-state index in [1.54, 1.807) is 0 Å². The van der Waals surface area contributed by atoms with Crippen LogP contribution in [-0.4, -0.2) is 40.7 Å². The molecule has 0 bridgehead atoms. The monoisotopic (exact) mass is 286 g/mol. The van der Waals surface area contributed by atoms with Gasteiger partial charge < -0.3 is 9.64 Å². The van der Waals surface area contributed by atoms with Crippen molar-refractivity contribution in [3.05, 3.63) is 21.6 Å². The number of halogens is 1. The van der Waals surface area contributed by atoms with Crippen LogP contribution in [0.3, 0.4) is 0 Å².